The molecule has 0 N–H and O–H groups in total. The Morgan fingerprint density at radius 3 is 2.47 bits per heavy atom. The molecule has 1 aliphatic heterocycles. The summed E-state index contributed by atoms with van der Waals surface area (Å²) < 4.78 is 5.24. The van der Waals surface area contributed by atoms with Crippen LogP contribution in [0.1, 0.15) is 33.6 Å². The van der Waals surface area contributed by atoms with Gasteiger partial charge in [-0.2, -0.15) is 0 Å². The predicted octanol–water partition coefficient (Wildman–Crippen LogP) is 0.546. The van der Waals surface area contributed by atoms with Crippen LogP contribution in [0, 0.1) is 0 Å². The van der Waals surface area contributed by atoms with Crippen LogP contribution in [-0.2, 0) is 9.53 Å². The smallest absolute Gasteiger partial charge is 0.410 e. The quantitative estimate of drug-likeness (QED) is 0.595. The SMILES string of the molecule is BC(=O)[C@@H]1CCCN1C(=O)OC(C)(C)C. The van der Waals surface area contributed by atoms with Crippen molar-refractivity contribution in [1.82, 2.24) is 4.90 Å². The van der Waals surface area contributed by atoms with Crippen molar-refractivity contribution in [2.75, 3.05) is 6.54 Å². The number of ether oxygens (including phenoxy) is 1. The Bertz CT molecular complexity index is 272. The second-order valence-corrected chi connectivity index (χ2v) is 4.94. The summed E-state index contributed by atoms with van der Waals surface area (Å²) in [6.07, 6.45) is 1.26. The number of hydrogen-bond donors (Lipinski definition) is 0. The van der Waals surface area contributed by atoms with Crippen molar-refractivity contribution in [3.63, 3.8) is 0 Å². The van der Waals surface area contributed by atoms with E-state index < -0.39 is 5.60 Å². The third-order valence-corrected chi connectivity index (χ3v) is 2.35. The van der Waals surface area contributed by atoms with Gasteiger partial charge >= 0.3 is 6.09 Å². The summed E-state index contributed by atoms with van der Waals surface area (Å²) in [7, 11) is 1.52. The minimum atomic E-state index is -0.499. The van der Waals surface area contributed by atoms with Gasteiger partial charge in [-0.25, -0.2) is 4.79 Å². The Hall–Kier alpha value is -0.995. The van der Waals surface area contributed by atoms with Gasteiger partial charge in [0.2, 0.25) is 0 Å². The highest BCUT2D eigenvalue weighted by atomic mass is 16.6. The Labute approximate surface area is 91.4 Å². The molecule has 0 saturated carbocycles. The Morgan fingerprint density at radius 2 is 2.00 bits per heavy atom. The molecule has 0 unspecified atom stereocenters. The Balaban J connectivity index is 2.63. The number of carbonyl (C=O) groups excluding carboxylic acids is 2. The summed E-state index contributed by atoms with van der Waals surface area (Å²) in [5.41, 5.74) is -0.459. The maximum Gasteiger partial charge on any atom is 0.410 e. The first kappa shape index (κ1) is 12.1. The van der Waals surface area contributed by atoms with Crippen LogP contribution in [0.4, 0.5) is 4.79 Å². The molecule has 0 aromatic carbocycles. The minimum absolute atomic E-state index is 0.0401. The standard InChI is InChI=1S/C10H18BNO3/c1-10(2,3)15-9(14)12-6-4-5-7(12)8(11)13/h7H,4-6,11H2,1-3H3/t7-/m0/s1. The first-order chi connectivity index (χ1) is 6.81. The molecule has 15 heavy (non-hydrogen) atoms. The fourth-order valence-electron chi connectivity index (χ4n) is 1.73. The molecule has 5 heteroatoms. The van der Waals surface area contributed by atoms with Gasteiger partial charge in [-0.1, -0.05) is 0 Å². The summed E-state index contributed by atoms with van der Waals surface area (Å²) in [6, 6.07) is -0.278. The van der Waals surface area contributed by atoms with Crippen molar-refractivity contribution in [3.8, 4) is 0 Å². The largest absolute Gasteiger partial charge is 0.444 e. The normalized spacial score (nSPS) is 21.5. The highest BCUT2D eigenvalue weighted by Gasteiger charge is 2.34. The molecule has 0 radical (unpaired) electrons. The van der Waals surface area contributed by atoms with Gasteiger partial charge in [0, 0.05) is 6.54 Å². The van der Waals surface area contributed by atoms with E-state index >= 15 is 0 Å². The van der Waals surface area contributed by atoms with Gasteiger partial charge in [-0.15, -0.1) is 0 Å². The van der Waals surface area contributed by atoms with Gasteiger partial charge in [0.05, 0.1) is 6.04 Å². The highest BCUT2D eigenvalue weighted by Crippen LogP contribution is 2.20. The Kier molecular flexibility index (Phi) is 3.42. The lowest BCUT2D eigenvalue weighted by Crippen LogP contribution is -2.43. The summed E-state index contributed by atoms with van der Waals surface area (Å²) >= 11 is 0. The van der Waals surface area contributed by atoms with E-state index in [9.17, 15) is 9.59 Å². The summed E-state index contributed by atoms with van der Waals surface area (Å²) in [6.45, 7) is 6.09. The molecule has 1 saturated heterocycles. The molecular weight excluding hydrogens is 193 g/mol. The van der Waals surface area contributed by atoms with Gasteiger partial charge in [-0.3, -0.25) is 4.90 Å². The fourth-order valence-corrected chi connectivity index (χ4v) is 1.73. The van der Waals surface area contributed by atoms with Gasteiger partial charge in [0.1, 0.15) is 11.3 Å². The van der Waals surface area contributed by atoms with E-state index in [0.29, 0.717) is 6.54 Å². The lowest BCUT2D eigenvalue weighted by Gasteiger charge is -2.27. The van der Waals surface area contributed by atoms with Crippen molar-refractivity contribution in [2.45, 2.75) is 45.3 Å². The topological polar surface area (TPSA) is 46.6 Å². The van der Waals surface area contributed by atoms with Crippen LogP contribution >= 0.6 is 0 Å². The van der Waals surface area contributed by atoms with Crippen LogP contribution in [0.5, 0.6) is 0 Å². The number of carbonyl (C=O) groups is 2. The summed E-state index contributed by atoms with van der Waals surface area (Å²) in [4.78, 5) is 24.5. The van der Waals surface area contributed by atoms with E-state index in [0.717, 1.165) is 12.8 Å². The van der Waals surface area contributed by atoms with Crippen LogP contribution in [0.25, 0.3) is 0 Å². The molecule has 4 nitrogen and oxygen atoms in total. The van der Waals surface area contributed by atoms with Crippen molar-refractivity contribution in [1.29, 1.82) is 0 Å². The second-order valence-electron chi connectivity index (χ2n) is 4.94. The molecule has 0 bridgehead atoms. The van der Waals surface area contributed by atoms with Crippen molar-refractivity contribution in [2.24, 2.45) is 0 Å². The van der Waals surface area contributed by atoms with E-state index in [4.69, 9.17) is 4.74 Å². The van der Waals surface area contributed by atoms with E-state index in [1.807, 2.05) is 20.8 Å². The van der Waals surface area contributed by atoms with E-state index in [1.165, 1.54) is 12.7 Å². The lowest BCUT2D eigenvalue weighted by atomic mass is 9.93. The predicted molar refractivity (Wildman–Crippen MR) is 59.5 cm³/mol. The summed E-state index contributed by atoms with van der Waals surface area (Å²) in [5, 5.41) is 0. The van der Waals surface area contributed by atoms with Gasteiger partial charge in [0.25, 0.3) is 0 Å². The number of rotatable bonds is 1. The molecule has 1 atom stereocenters. The van der Waals surface area contributed by atoms with Crippen LogP contribution in [0.2, 0.25) is 0 Å². The molecular formula is C10H18BNO3. The number of hydrogen-bond acceptors (Lipinski definition) is 3. The van der Waals surface area contributed by atoms with E-state index in [2.05, 4.69) is 0 Å². The van der Waals surface area contributed by atoms with Gasteiger partial charge in [0.15, 0.2) is 7.85 Å². The number of likely N-dealkylation sites (tertiary alicyclic amines) is 1. The first-order valence-electron chi connectivity index (χ1n) is 5.31. The van der Waals surface area contributed by atoms with Crippen LogP contribution < -0.4 is 0 Å². The molecule has 84 valence electrons. The third kappa shape index (κ3) is 3.25. The molecule has 1 heterocycles. The number of amides is 1. The van der Waals surface area contributed by atoms with Crippen LogP contribution in [0.15, 0.2) is 0 Å². The third-order valence-electron chi connectivity index (χ3n) is 2.35. The fraction of sp³-hybridized carbons (Fsp3) is 0.800. The zero-order valence-electron chi connectivity index (χ0n) is 9.87. The average molecular weight is 211 g/mol. The monoisotopic (exact) mass is 211 g/mol. The molecule has 1 fully saturated rings. The second kappa shape index (κ2) is 4.25. The Morgan fingerprint density at radius 1 is 1.40 bits per heavy atom. The molecule has 0 spiro atoms. The maximum absolute atomic E-state index is 11.7. The van der Waals surface area contributed by atoms with Crippen molar-refractivity contribution < 1.29 is 14.3 Å². The number of nitrogens with zero attached hydrogens (tertiary/aromatic N) is 1. The van der Waals surface area contributed by atoms with E-state index in [-0.39, 0.29) is 17.8 Å². The molecule has 0 aromatic heterocycles. The zero-order chi connectivity index (χ0) is 11.6. The lowest BCUT2D eigenvalue weighted by molar-refractivity contribution is -0.115. The van der Waals surface area contributed by atoms with Gasteiger partial charge in [-0.05, 0) is 33.6 Å². The molecule has 1 rings (SSSR count). The van der Waals surface area contributed by atoms with E-state index in [1.54, 1.807) is 0 Å². The van der Waals surface area contributed by atoms with Gasteiger partial charge < -0.3 is 9.53 Å². The zero-order valence-corrected chi connectivity index (χ0v) is 9.87. The van der Waals surface area contributed by atoms with Crippen molar-refractivity contribution in [3.05, 3.63) is 0 Å². The molecule has 0 aliphatic carbocycles. The molecule has 0 aromatic rings. The minimum Gasteiger partial charge on any atom is -0.444 e. The summed E-state index contributed by atoms with van der Waals surface area (Å²) in [5.74, 6) is 0. The average Bonchev–Trinajstić information content (AvgIpc) is 2.47. The van der Waals surface area contributed by atoms with Crippen LogP contribution in [-0.4, -0.2) is 42.7 Å². The maximum atomic E-state index is 11.7. The van der Waals surface area contributed by atoms with Crippen LogP contribution in [0.3, 0.4) is 0 Å². The first-order valence-corrected chi connectivity index (χ1v) is 5.31. The molecule has 1 aliphatic rings. The van der Waals surface area contributed by atoms with Crippen molar-refractivity contribution >= 4 is 19.6 Å². The molecule has 1 amide bonds. The highest BCUT2D eigenvalue weighted by molar-refractivity contribution is 6.59.